The molecule has 1 fully saturated rings. The molecule has 1 aromatic carbocycles. The van der Waals surface area contributed by atoms with E-state index in [0.717, 1.165) is 5.46 Å². The second kappa shape index (κ2) is 4.08. The molecule has 19 heavy (non-hydrogen) atoms. The van der Waals surface area contributed by atoms with Crippen LogP contribution in [-0.2, 0) is 27.3 Å². The normalized spacial score (nSPS) is 23.7. The van der Waals surface area contributed by atoms with E-state index in [4.69, 9.17) is 14.0 Å². The molecular formula is C15H21BO3. The molecule has 2 heterocycles. The van der Waals surface area contributed by atoms with Crippen LogP contribution in [0.25, 0.3) is 0 Å². The van der Waals surface area contributed by atoms with Gasteiger partial charge in [-0.3, -0.25) is 0 Å². The lowest BCUT2D eigenvalue weighted by atomic mass is 9.74. The minimum Gasteiger partial charge on any atom is -0.399 e. The highest BCUT2D eigenvalue weighted by Crippen LogP contribution is 2.37. The van der Waals surface area contributed by atoms with Gasteiger partial charge in [0.15, 0.2) is 0 Å². The molecule has 0 saturated carbocycles. The van der Waals surface area contributed by atoms with E-state index in [9.17, 15) is 0 Å². The van der Waals surface area contributed by atoms with Gasteiger partial charge >= 0.3 is 7.12 Å². The van der Waals surface area contributed by atoms with Crippen molar-refractivity contribution in [2.75, 3.05) is 0 Å². The minimum atomic E-state index is -0.297. The minimum absolute atomic E-state index is 0.291. The Labute approximate surface area is 115 Å². The number of benzene rings is 1. The summed E-state index contributed by atoms with van der Waals surface area (Å²) < 4.78 is 17.9. The van der Waals surface area contributed by atoms with Gasteiger partial charge in [-0.1, -0.05) is 12.1 Å². The first-order chi connectivity index (χ1) is 8.82. The van der Waals surface area contributed by atoms with E-state index < -0.39 is 0 Å². The number of aryl methyl sites for hydroxylation is 1. The molecular weight excluding hydrogens is 239 g/mol. The molecule has 0 aromatic heterocycles. The average molecular weight is 260 g/mol. The van der Waals surface area contributed by atoms with Crippen molar-refractivity contribution in [1.29, 1.82) is 0 Å². The summed E-state index contributed by atoms with van der Waals surface area (Å²) in [5.74, 6) is 0. The summed E-state index contributed by atoms with van der Waals surface area (Å²) >= 11 is 0. The molecule has 2 aliphatic heterocycles. The summed E-state index contributed by atoms with van der Waals surface area (Å²) in [7, 11) is -0.291. The summed E-state index contributed by atoms with van der Waals surface area (Å²) in [6.45, 7) is 11.8. The van der Waals surface area contributed by atoms with E-state index in [1.54, 1.807) is 0 Å². The third-order valence-corrected chi connectivity index (χ3v) is 4.70. The molecule has 1 aromatic rings. The Morgan fingerprint density at radius 1 is 0.947 bits per heavy atom. The second-order valence-corrected chi connectivity index (χ2v) is 6.51. The van der Waals surface area contributed by atoms with Crippen LogP contribution in [0, 0.1) is 6.92 Å². The van der Waals surface area contributed by atoms with Gasteiger partial charge < -0.3 is 14.0 Å². The Bertz CT molecular complexity index is 506. The van der Waals surface area contributed by atoms with Crippen LogP contribution in [0.3, 0.4) is 0 Å². The zero-order valence-corrected chi connectivity index (χ0v) is 12.4. The smallest absolute Gasteiger partial charge is 0.399 e. The lowest BCUT2D eigenvalue weighted by Crippen LogP contribution is -2.41. The Kier molecular flexibility index (Phi) is 2.82. The molecule has 3 nitrogen and oxygen atoms in total. The highest BCUT2D eigenvalue weighted by atomic mass is 16.7. The Morgan fingerprint density at radius 2 is 1.53 bits per heavy atom. The van der Waals surface area contributed by atoms with Gasteiger partial charge in [-0.25, -0.2) is 0 Å². The predicted molar refractivity (Wildman–Crippen MR) is 75.4 cm³/mol. The van der Waals surface area contributed by atoms with Crippen molar-refractivity contribution in [3.63, 3.8) is 0 Å². The van der Waals surface area contributed by atoms with Crippen LogP contribution in [0.5, 0.6) is 0 Å². The molecule has 2 aliphatic rings. The molecule has 0 radical (unpaired) electrons. The fourth-order valence-corrected chi connectivity index (χ4v) is 2.65. The van der Waals surface area contributed by atoms with Crippen molar-refractivity contribution >= 4 is 12.6 Å². The standard InChI is InChI=1S/C15H21BO3/c1-10-6-7-13(12-9-17-8-11(10)12)16-18-14(2,3)15(4,5)19-16/h6-7H,8-9H2,1-5H3. The van der Waals surface area contributed by atoms with Gasteiger partial charge in [0.2, 0.25) is 0 Å². The zero-order valence-electron chi connectivity index (χ0n) is 12.4. The van der Waals surface area contributed by atoms with Crippen molar-refractivity contribution < 1.29 is 14.0 Å². The highest BCUT2D eigenvalue weighted by molar-refractivity contribution is 6.62. The topological polar surface area (TPSA) is 27.7 Å². The second-order valence-electron chi connectivity index (χ2n) is 6.51. The molecule has 0 atom stereocenters. The van der Waals surface area contributed by atoms with Crippen LogP contribution in [-0.4, -0.2) is 18.3 Å². The maximum atomic E-state index is 6.14. The Morgan fingerprint density at radius 3 is 2.16 bits per heavy atom. The lowest BCUT2D eigenvalue weighted by molar-refractivity contribution is 0.00578. The van der Waals surface area contributed by atoms with Gasteiger partial charge in [-0.2, -0.15) is 0 Å². The quantitative estimate of drug-likeness (QED) is 0.725. The van der Waals surface area contributed by atoms with Crippen LogP contribution >= 0.6 is 0 Å². The molecule has 1 saturated heterocycles. The van der Waals surface area contributed by atoms with Gasteiger partial charge in [0.1, 0.15) is 0 Å². The summed E-state index contributed by atoms with van der Waals surface area (Å²) in [4.78, 5) is 0. The van der Waals surface area contributed by atoms with Crippen molar-refractivity contribution in [3.8, 4) is 0 Å². The number of ether oxygens (including phenoxy) is 1. The van der Waals surface area contributed by atoms with Gasteiger partial charge in [0, 0.05) is 0 Å². The van der Waals surface area contributed by atoms with Crippen LogP contribution < -0.4 is 5.46 Å². The zero-order chi connectivity index (χ0) is 13.8. The van der Waals surface area contributed by atoms with Crippen molar-refractivity contribution in [3.05, 3.63) is 28.8 Å². The first-order valence-corrected chi connectivity index (χ1v) is 6.86. The lowest BCUT2D eigenvalue weighted by Gasteiger charge is -2.32. The molecule has 3 rings (SSSR count). The van der Waals surface area contributed by atoms with Gasteiger partial charge in [-0.05, 0) is 56.8 Å². The van der Waals surface area contributed by atoms with Gasteiger partial charge in [-0.15, -0.1) is 0 Å². The third-order valence-electron chi connectivity index (χ3n) is 4.70. The van der Waals surface area contributed by atoms with E-state index in [1.807, 2.05) is 0 Å². The molecule has 0 N–H and O–H groups in total. The molecule has 0 amide bonds. The van der Waals surface area contributed by atoms with Gasteiger partial charge in [0.25, 0.3) is 0 Å². The van der Waals surface area contributed by atoms with E-state index in [2.05, 4.69) is 46.8 Å². The van der Waals surface area contributed by atoms with E-state index in [1.165, 1.54) is 16.7 Å². The number of hydrogen-bond acceptors (Lipinski definition) is 3. The first-order valence-electron chi connectivity index (χ1n) is 6.86. The Hall–Kier alpha value is -0.835. The maximum absolute atomic E-state index is 6.14. The van der Waals surface area contributed by atoms with Crippen LogP contribution in [0.1, 0.15) is 44.4 Å². The number of rotatable bonds is 1. The van der Waals surface area contributed by atoms with E-state index >= 15 is 0 Å². The van der Waals surface area contributed by atoms with Crippen molar-refractivity contribution in [2.45, 2.75) is 59.0 Å². The summed E-state index contributed by atoms with van der Waals surface area (Å²) in [5, 5.41) is 0. The van der Waals surface area contributed by atoms with Crippen LogP contribution in [0.4, 0.5) is 0 Å². The third kappa shape index (κ3) is 1.94. The number of hydrogen-bond donors (Lipinski definition) is 0. The van der Waals surface area contributed by atoms with Crippen LogP contribution in [0.15, 0.2) is 12.1 Å². The molecule has 0 bridgehead atoms. The molecule has 102 valence electrons. The summed E-state index contributed by atoms with van der Waals surface area (Å²) in [6, 6.07) is 4.25. The predicted octanol–water partition coefficient (Wildman–Crippen LogP) is 2.32. The van der Waals surface area contributed by atoms with E-state index in [-0.39, 0.29) is 18.3 Å². The average Bonchev–Trinajstić information content (AvgIpc) is 2.84. The fourth-order valence-electron chi connectivity index (χ4n) is 2.65. The molecule has 0 aliphatic carbocycles. The van der Waals surface area contributed by atoms with Crippen molar-refractivity contribution in [1.82, 2.24) is 0 Å². The van der Waals surface area contributed by atoms with E-state index in [0.29, 0.717) is 13.2 Å². The molecule has 4 heteroatoms. The maximum Gasteiger partial charge on any atom is 0.495 e. The summed E-state index contributed by atoms with van der Waals surface area (Å²) in [5.41, 5.74) is 4.36. The molecule has 0 unspecified atom stereocenters. The van der Waals surface area contributed by atoms with Gasteiger partial charge in [0.05, 0.1) is 24.4 Å². The largest absolute Gasteiger partial charge is 0.495 e. The highest BCUT2D eigenvalue weighted by Gasteiger charge is 2.52. The monoisotopic (exact) mass is 260 g/mol. The van der Waals surface area contributed by atoms with Crippen LogP contribution in [0.2, 0.25) is 0 Å². The summed E-state index contributed by atoms with van der Waals surface area (Å²) in [6.07, 6.45) is 0. The number of fused-ring (bicyclic) bond motifs is 1. The molecule has 0 spiro atoms. The van der Waals surface area contributed by atoms with Crippen molar-refractivity contribution in [2.24, 2.45) is 0 Å². The fraction of sp³-hybridized carbons (Fsp3) is 0.600. The Balaban J connectivity index is 2.00. The first kappa shape index (κ1) is 13.2. The SMILES string of the molecule is Cc1ccc(B2OC(C)(C)C(C)(C)O2)c2c1COC2.